The number of benzene rings is 4. The molecule has 0 unspecified atom stereocenters. The summed E-state index contributed by atoms with van der Waals surface area (Å²) >= 11 is 0. The SMILES string of the molecule is C.C=CC(=O)OC1CCC(C(=O)O)CC1.C=CC(=O)OC1CCC(C(=O)OC2CCC(c3ccc(-c4ccc(CCC)cc4)cc3)CC2)CC1.CCCc1ccc(-c2ccc(C3CCC(O)CC3)cc2)cc1.[F-]. The minimum absolute atomic E-state index is 0. The summed E-state index contributed by atoms with van der Waals surface area (Å²) in [5.41, 5.74) is 10.7. The molecule has 4 aliphatic carbocycles. The van der Waals surface area contributed by atoms with Crippen molar-refractivity contribution in [3.8, 4) is 22.3 Å². The molecule has 0 spiro atoms. The number of aliphatic hydroxyl groups is 1. The number of carboxylic acid groups (broad SMARTS) is 1. The van der Waals surface area contributed by atoms with E-state index in [4.69, 9.17) is 19.3 Å². The molecule has 0 saturated heterocycles. The van der Waals surface area contributed by atoms with Crippen molar-refractivity contribution in [1.82, 2.24) is 0 Å². The Hall–Kier alpha value is -5.87. The summed E-state index contributed by atoms with van der Waals surface area (Å²) in [6.07, 6.45) is 20.1. The second-order valence-electron chi connectivity index (χ2n) is 20.1. The highest BCUT2D eigenvalue weighted by atomic mass is 19.0. The second kappa shape index (κ2) is 31.0. The maximum atomic E-state index is 12.7. The third kappa shape index (κ3) is 18.8. The molecule has 0 radical (unpaired) electrons. The Kier molecular flexibility index (Phi) is 25.3. The molecule has 4 aromatic rings. The lowest BCUT2D eigenvalue weighted by Gasteiger charge is -2.31. The number of carbonyl (C=O) groups is 4. The largest absolute Gasteiger partial charge is 1.00 e. The van der Waals surface area contributed by atoms with E-state index in [1.54, 1.807) is 0 Å². The molecule has 0 heterocycles. The molecule has 0 atom stereocenters. The lowest BCUT2D eigenvalue weighted by Crippen LogP contribution is -3.00. The highest BCUT2D eigenvalue weighted by Gasteiger charge is 2.32. The number of esters is 3. The van der Waals surface area contributed by atoms with Gasteiger partial charge in [0.15, 0.2) is 0 Å². The molecular weight excluding hydrogens is 920 g/mol. The Bertz CT molecular complexity index is 2270. The Morgan fingerprint density at radius 2 is 0.795 bits per heavy atom. The number of carboxylic acids is 1. The van der Waals surface area contributed by atoms with Gasteiger partial charge in [0.05, 0.1) is 17.9 Å². The zero-order valence-corrected chi connectivity index (χ0v) is 42.7. The monoisotopic (exact) mass is 1000 g/mol. The fourth-order valence-electron chi connectivity index (χ4n) is 10.7. The quantitative estimate of drug-likeness (QED) is 0.0677. The van der Waals surface area contributed by atoms with Crippen LogP contribution >= 0.6 is 0 Å². The van der Waals surface area contributed by atoms with Crippen LogP contribution in [0.2, 0.25) is 0 Å². The molecule has 4 fully saturated rings. The van der Waals surface area contributed by atoms with Crippen molar-refractivity contribution >= 4 is 23.9 Å². The first-order valence-corrected chi connectivity index (χ1v) is 26.6. The van der Waals surface area contributed by atoms with Crippen LogP contribution in [0.1, 0.15) is 171 Å². The molecule has 0 aromatic heterocycles. The lowest BCUT2D eigenvalue weighted by molar-refractivity contribution is -0.158. The van der Waals surface area contributed by atoms with E-state index in [-0.39, 0.29) is 60.3 Å². The van der Waals surface area contributed by atoms with Gasteiger partial charge in [0, 0.05) is 12.2 Å². The highest BCUT2D eigenvalue weighted by molar-refractivity contribution is 5.81. The summed E-state index contributed by atoms with van der Waals surface area (Å²) < 4.78 is 16.2. The number of hydrogen-bond acceptors (Lipinski definition) is 8. The van der Waals surface area contributed by atoms with Gasteiger partial charge in [0.25, 0.3) is 0 Å². The van der Waals surface area contributed by atoms with Crippen LogP contribution in [-0.4, -0.2) is 58.5 Å². The number of rotatable bonds is 15. The number of ether oxygens (including phenoxy) is 3. The van der Waals surface area contributed by atoms with Gasteiger partial charge < -0.3 is 29.1 Å². The number of aliphatic carboxylic acids is 1. The minimum Gasteiger partial charge on any atom is -1.00 e. The molecule has 8 rings (SSSR count). The molecular formula is C63H82FO9-. The second-order valence-corrected chi connectivity index (χ2v) is 20.1. The van der Waals surface area contributed by atoms with Gasteiger partial charge in [-0.2, -0.15) is 0 Å². The van der Waals surface area contributed by atoms with Crippen molar-refractivity contribution in [3.63, 3.8) is 0 Å². The van der Waals surface area contributed by atoms with Crippen molar-refractivity contribution in [3.05, 3.63) is 145 Å². The van der Waals surface area contributed by atoms with E-state index < -0.39 is 11.9 Å². The molecule has 0 amide bonds. The van der Waals surface area contributed by atoms with Crippen molar-refractivity contribution in [2.24, 2.45) is 11.8 Å². The fourth-order valence-corrected chi connectivity index (χ4v) is 10.7. The average molecular weight is 1000 g/mol. The zero-order chi connectivity index (χ0) is 50.5. The third-order valence-electron chi connectivity index (χ3n) is 15.0. The zero-order valence-electron chi connectivity index (χ0n) is 42.7. The molecule has 0 bridgehead atoms. The van der Waals surface area contributed by atoms with E-state index in [0.29, 0.717) is 50.4 Å². The Morgan fingerprint density at radius 3 is 1.14 bits per heavy atom. The molecule has 73 heavy (non-hydrogen) atoms. The van der Waals surface area contributed by atoms with Crippen molar-refractivity contribution in [1.29, 1.82) is 0 Å². The van der Waals surface area contributed by atoms with Crippen LogP contribution in [0.5, 0.6) is 0 Å². The summed E-state index contributed by atoms with van der Waals surface area (Å²) in [6.45, 7) is 11.2. The first-order chi connectivity index (χ1) is 34.4. The van der Waals surface area contributed by atoms with Crippen LogP contribution in [0.25, 0.3) is 22.3 Å². The molecule has 4 aromatic carbocycles. The van der Waals surface area contributed by atoms with Crippen LogP contribution in [0.15, 0.2) is 122 Å². The van der Waals surface area contributed by atoms with Gasteiger partial charge in [-0.25, -0.2) is 9.59 Å². The molecule has 2 N–H and O–H groups in total. The van der Waals surface area contributed by atoms with E-state index in [1.807, 2.05) is 0 Å². The maximum Gasteiger partial charge on any atom is 0.330 e. The molecule has 9 nitrogen and oxygen atoms in total. The molecule has 4 aliphatic rings. The summed E-state index contributed by atoms with van der Waals surface area (Å²) in [5.74, 6) is -0.823. The van der Waals surface area contributed by atoms with E-state index in [2.05, 4.69) is 124 Å². The predicted molar refractivity (Wildman–Crippen MR) is 288 cm³/mol. The van der Waals surface area contributed by atoms with Gasteiger partial charge in [-0.3, -0.25) is 9.59 Å². The van der Waals surface area contributed by atoms with Crippen LogP contribution in [0.3, 0.4) is 0 Å². The Morgan fingerprint density at radius 1 is 0.479 bits per heavy atom. The Labute approximate surface area is 435 Å². The topological polar surface area (TPSA) is 136 Å². The van der Waals surface area contributed by atoms with Gasteiger partial charge in [-0.1, -0.05) is 144 Å². The average Bonchev–Trinajstić information content (AvgIpc) is 3.40. The first kappa shape index (κ1) is 59.7. The number of hydrogen-bond donors (Lipinski definition) is 2. The summed E-state index contributed by atoms with van der Waals surface area (Å²) in [4.78, 5) is 45.5. The van der Waals surface area contributed by atoms with Crippen LogP contribution in [0, 0.1) is 11.8 Å². The summed E-state index contributed by atoms with van der Waals surface area (Å²) in [5, 5.41) is 18.4. The minimum atomic E-state index is -0.751. The van der Waals surface area contributed by atoms with Gasteiger partial charge in [0.2, 0.25) is 0 Å². The molecule has 0 aliphatic heterocycles. The van der Waals surface area contributed by atoms with Crippen LogP contribution < -0.4 is 4.70 Å². The summed E-state index contributed by atoms with van der Waals surface area (Å²) in [6, 6.07) is 35.9. The maximum absolute atomic E-state index is 12.7. The normalized spacial score (nSPS) is 23.3. The first-order valence-electron chi connectivity index (χ1n) is 26.6. The predicted octanol–water partition coefficient (Wildman–Crippen LogP) is 11.5. The van der Waals surface area contributed by atoms with Gasteiger partial charge in [-0.05, 0) is 172 Å². The van der Waals surface area contributed by atoms with E-state index >= 15 is 0 Å². The molecule has 4 saturated carbocycles. The number of aryl methyl sites for hydroxylation is 2. The van der Waals surface area contributed by atoms with Gasteiger partial charge in [-0.15, -0.1) is 0 Å². The van der Waals surface area contributed by atoms with Crippen molar-refractivity contribution in [2.45, 2.75) is 186 Å². The highest BCUT2D eigenvalue weighted by Crippen LogP contribution is 2.37. The number of carbonyl (C=O) groups excluding carboxylic acids is 3. The van der Waals surface area contributed by atoms with Crippen molar-refractivity contribution < 1.29 is 48.3 Å². The smallest absolute Gasteiger partial charge is 0.330 e. The third-order valence-corrected chi connectivity index (χ3v) is 15.0. The van der Waals surface area contributed by atoms with E-state index in [1.165, 1.54) is 63.4 Å². The van der Waals surface area contributed by atoms with E-state index in [9.17, 15) is 24.3 Å². The van der Waals surface area contributed by atoms with Gasteiger partial charge >= 0.3 is 23.9 Å². The Balaban J connectivity index is 0.000000260. The van der Waals surface area contributed by atoms with Crippen molar-refractivity contribution in [2.75, 3.05) is 0 Å². The molecule has 396 valence electrons. The molecule has 10 heteroatoms. The van der Waals surface area contributed by atoms with E-state index in [0.717, 1.165) is 83.1 Å². The number of aliphatic hydroxyl groups excluding tert-OH is 1. The fraction of sp³-hybridized carbons (Fsp3) is 0.492. The standard InChI is InChI=1S/C31H38O4.C21H26O.C10H14O4.CH4.FH/c1-3-5-22-6-8-23(9-7-22)24-10-12-25(13-11-24)26-14-18-29(19-15-26)35-31(33)27-16-20-28(21-17-27)34-30(32)4-2;1-2-3-16-4-6-17(7-5-16)18-8-10-19(11-9-18)20-12-14-21(22)15-13-20;1-2-9(11)14-8-5-3-7(4-6-8)10(12)13;;/h4,6-13,26-29H,2-3,5,14-21H2,1H3;4-11,20-22H,2-3,12-15H2,1H3;2,7-8H,1,3-6H2,(H,12,13);1H4;1H/p-1. The number of halogens is 1. The van der Waals surface area contributed by atoms with Crippen LogP contribution in [0.4, 0.5) is 0 Å². The lowest BCUT2D eigenvalue weighted by atomic mass is 9.82. The van der Waals surface area contributed by atoms with Crippen LogP contribution in [-0.2, 0) is 46.2 Å². The summed E-state index contributed by atoms with van der Waals surface area (Å²) in [7, 11) is 0. The van der Waals surface area contributed by atoms with Gasteiger partial charge in [0.1, 0.15) is 18.3 Å².